The summed E-state index contributed by atoms with van der Waals surface area (Å²) >= 11 is 0. The Morgan fingerprint density at radius 3 is 2.56 bits per heavy atom. The highest BCUT2D eigenvalue weighted by molar-refractivity contribution is 5.57. The number of aromatic nitrogens is 4. The molecule has 0 amide bonds. The molecule has 6 nitrogen and oxygen atoms in total. The van der Waals surface area contributed by atoms with Crippen LogP contribution >= 0.6 is 0 Å². The molecule has 6 heteroatoms. The molecule has 0 fully saturated rings. The highest BCUT2D eigenvalue weighted by Gasteiger charge is 2.11. The molecule has 0 spiro atoms. The number of hydrogen-bond acceptors (Lipinski definition) is 5. The van der Waals surface area contributed by atoms with E-state index in [1.165, 1.54) is 0 Å². The van der Waals surface area contributed by atoms with Gasteiger partial charge in [-0.3, -0.25) is 4.68 Å². The van der Waals surface area contributed by atoms with Gasteiger partial charge < -0.3 is 5.43 Å². The van der Waals surface area contributed by atoms with Gasteiger partial charge in [-0.05, 0) is 27.7 Å². The van der Waals surface area contributed by atoms with Crippen LogP contribution in [0.25, 0.3) is 11.4 Å². The molecule has 18 heavy (non-hydrogen) atoms. The van der Waals surface area contributed by atoms with E-state index in [1.54, 1.807) is 6.20 Å². The molecule has 0 aliphatic rings. The predicted octanol–water partition coefficient (Wildman–Crippen LogP) is 1.82. The third-order valence-electron chi connectivity index (χ3n) is 2.91. The number of nitrogen functional groups attached to an aromatic ring is 1. The summed E-state index contributed by atoms with van der Waals surface area (Å²) in [5.41, 5.74) is 5.35. The minimum atomic E-state index is 0.317. The summed E-state index contributed by atoms with van der Waals surface area (Å²) < 4.78 is 1.88. The molecule has 0 aliphatic heterocycles. The van der Waals surface area contributed by atoms with E-state index < -0.39 is 0 Å². The van der Waals surface area contributed by atoms with Crippen molar-refractivity contribution in [2.45, 2.75) is 33.7 Å². The second-order valence-electron chi connectivity index (χ2n) is 4.55. The van der Waals surface area contributed by atoms with Gasteiger partial charge in [-0.2, -0.15) is 5.10 Å². The van der Waals surface area contributed by atoms with E-state index in [0.717, 1.165) is 16.8 Å². The lowest BCUT2D eigenvalue weighted by Gasteiger charge is -2.08. The van der Waals surface area contributed by atoms with Gasteiger partial charge in [-0.15, -0.1) is 0 Å². The van der Waals surface area contributed by atoms with E-state index in [1.807, 2.05) is 24.7 Å². The zero-order valence-electron chi connectivity index (χ0n) is 11.1. The smallest absolute Gasteiger partial charge is 0.165 e. The molecule has 0 aromatic carbocycles. The van der Waals surface area contributed by atoms with Crippen molar-refractivity contribution in [1.82, 2.24) is 19.7 Å². The third kappa shape index (κ3) is 2.19. The fourth-order valence-corrected chi connectivity index (χ4v) is 1.63. The van der Waals surface area contributed by atoms with Crippen molar-refractivity contribution in [3.8, 4) is 11.4 Å². The van der Waals surface area contributed by atoms with Crippen LogP contribution in [0.2, 0.25) is 0 Å². The molecule has 0 unspecified atom stereocenters. The highest BCUT2D eigenvalue weighted by Crippen LogP contribution is 2.21. The van der Waals surface area contributed by atoms with Gasteiger partial charge in [0.25, 0.3) is 0 Å². The molecular weight excluding hydrogens is 228 g/mol. The van der Waals surface area contributed by atoms with E-state index in [2.05, 4.69) is 34.3 Å². The van der Waals surface area contributed by atoms with Gasteiger partial charge in [0.1, 0.15) is 5.82 Å². The highest BCUT2D eigenvalue weighted by atomic mass is 15.3. The fraction of sp³-hybridized carbons (Fsp3) is 0.417. The standard InChI is InChI=1S/C12H18N6/c1-7(2)18-6-10(5-14-18)12-15-9(4)8(3)11(16-12)17-13/h5-7H,13H2,1-4H3,(H,15,16,17). The van der Waals surface area contributed by atoms with Crippen molar-refractivity contribution >= 4 is 5.82 Å². The Balaban J connectivity index is 2.47. The topological polar surface area (TPSA) is 81.7 Å². The summed E-state index contributed by atoms with van der Waals surface area (Å²) in [6.45, 7) is 8.02. The SMILES string of the molecule is Cc1nc(-c2cnn(C(C)C)c2)nc(NN)c1C. The van der Waals surface area contributed by atoms with Gasteiger partial charge in [0, 0.05) is 23.5 Å². The van der Waals surface area contributed by atoms with Crippen LogP contribution in [-0.2, 0) is 0 Å². The number of nitrogens with one attached hydrogen (secondary N) is 1. The molecule has 0 radical (unpaired) electrons. The first-order chi connectivity index (χ1) is 8.52. The summed E-state index contributed by atoms with van der Waals surface area (Å²) in [7, 11) is 0. The molecule has 0 bridgehead atoms. The minimum absolute atomic E-state index is 0.317. The van der Waals surface area contributed by atoms with Crippen molar-refractivity contribution in [3.05, 3.63) is 23.7 Å². The second-order valence-corrected chi connectivity index (χ2v) is 4.55. The molecule has 3 N–H and O–H groups in total. The Hall–Kier alpha value is -1.95. The first-order valence-electron chi connectivity index (χ1n) is 5.89. The molecule has 2 aromatic heterocycles. The maximum atomic E-state index is 5.46. The van der Waals surface area contributed by atoms with Gasteiger partial charge in [0.15, 0.2) is 5.82 Å². The normalized spacial score (nSPS) is 11.0. The van der Waals surface area contributed by atoms with Crippen LogP contribution in [0.5, 0.6) is 0 Å². The maximum Gasteiger partial charge on any atom is 0.165 e. The molecule has 2 heterocycles. The Kier molecular flexibility index (Phi) is 3.29. The summed E-state index contributed by atoms with van der Waals surface area (Å²) in [5, 5.41) is 4.28. The number of nitrogens with two attached hydrogens (primary N) is 1. The molecule has 0 atom stereocenters. The van der Waals surface area contributed by atoms with Crippen molar-refractivity contribution in [2.75, 3.05) is 5.43 Å². The lowest BCUT2D eigenvalue weighted by atomic mass is 10.2. The van der Waals surface area contributed by atoms with Gasteiger partial charge in [0.2, 0.25) is 0 Å². The van der Waals surface area contributed by atoms with Crippen molar-refractivity contribution in [1.29, 1.82) is 0 Å². The molecular formula is C12H18N6. The lowest BCUT2D eigenvalue weighted by molar-refractivity contribution is 0.532. The van der Waals surface area contributed by atoms with Crippen LogP contribution in [0, 0.1) is 13.8 Å². The first-order valence-corrected chi connectivity index (χ1v) is 5.89. The van der Waals surface area contributed by atoms with Crippen molar-refractivity contribution in [2.24, 2.45) is 5.84 Å². The van der Waals surface area contributed by atoms with E-state index >= 15 is 0 Å². The molecule has 2 rings (SSSR count). The van der Waals surface area contributed by atoms with Crippen molar-refractivity contribution in [3.63, 3.8) is 0 Å². The van der Waals surface area contributed by atoms with Crippen LogP contribution < -0.4 is 11.3 Å². The average Bonchev–Trinajstić information content (AvgIpc) is 2.82. The van der Waals surface area contributed by atoms with Gasteiger partial charge in [-0.1, -0.05) is 0 Å². The van der Waals surface area contributed by atoms with E-state index in [-0.39, 0.29) is 0 Å². The second kappa shape index (κ2) is 4.73. The van der Waals surface area contributed by atoms with E-state index in [0.29, 0.717) is 17.7 Å². The quantitative estimate of drug-likeness (QED) is 0.637. The maximum absolute atomic E-state index is 5.46. The van der Waals surface area contributed by atoms with Crippen molar-refractivity contribution < 1.29 is 0 Å². The molecule has 0 saturated carbocycles. The summed E-state index contributed by atoms with van der Waals surface area (Å²) in [6, 6.07) is 0.317. The average molecular weight is 246 g/mol. The number of anilines is 1. The molecule has 0 aliphatic carbocycles. The van der Waals surface area contributed by atoms with Crippen LogP contribution in [0.3, 0.4) is 0 Å². The zero-order chi connectivity index (χ0) is 13.3. The summed E-state index contributed by atoms with van der Waals surface area (Å²) in [4.78, 5) is 8.86. The van der Waals surface area contributed by atoms with Crippen LogP contribution in [0.15, 0.2) is 12.4 Å². The largest absolute Gasteiger partial charge is 0.308 e. The number of rotatable bonds is 3. The zero-order valence-corrected chi connectivity index (χ0v) is 11.1. The number of aryl methyl sites for hydroxylation is 1. The van der Waals surface area contributed by atoms with E-state index in [4.69, 9.17) is 5.84 Å². The monoisotopic (exact) mass is 246 g/mol. The predicted molar refractivity (Wildman–Crippen MR) is 70.9 cm³/mol. The third-order valence-corrected chi connectivity index (χ3v) is 2.91. The lowest BCUT2D eigenvalue weighted by Crippen LogP contribution is -2.12. The Labute approximate surface area is 106 Å². The van der Waals surface area contributed by atoms with Crippen LogP contribution in [0.4, 0.5) is 5.82 Å². The molecule has 96 valence electrons. The summed E-state index contributed by atoms with van der Waals surface area (Å²) in [6.07, 6.45) is 3.71. The Morgan fingerprint density at radius 2 is 2.00 bits per heavy atom. The van der Waals surface area contributed by atoms with E-state index in [9.17, 15) is 0 Å². The Morgan fingerprint density at radius 1 is 1.28 bits per heavy atom. The van der Waals surface area contributed by atoms with Gasteiger partial charge in [0.05, 0.1) is 11.8 Å². The minimum Gasteiger partial charge on any atom is -0.308 e. The molecule has 2 aromatic rings. The number of hydrazine groups is 1. The number of hydrogen-bond donors (Lipinski definition) is 2. The first kappa shape index (κ1) is 12.5. The summed E-state index contributed by atoms with van der Waals surface area (Å²) in [5.74, 6) is 6.74. The van der Waals surface area contributed by atoms with Crippen LogP contribution in [0.1, 0.15) is 31.1 Å². The van der Waals surface area contributed by atoms with Crippen LogP contribution in [-0.4, -0.2) is 19.7 Å². The fourth-order valence-electron chi connectivity index (χ4n) is 1.63. The Bertz CT molecular complexity index is 558. The van der Waals surface area contributed by atoms with Gasteiger partial charge >= 0.3 is 0 Å². The number of nitrogens with zero attached hydrogens (tertiary/aromatic N) is 4. The van der Waals surface area contributed by atoms with Gasteiger partial charge in [-0.25, -0.2) is 15.8 Å². The molecule has 0 saturated heterocycles.